The van der Waals surface area contributed by atoms with Crippen LogP contribution < -0.4 is 14.8 Å². The molecular weight excluding hydrogens is 214 g/mol. The van der Waals surface area contributed by atoms with E-state index in [4.69, 9.17) is 9.47 Å². The van der Waals surface area contributed by atoms with E-state index in [1.165, 1.54) is 5.57 Å². The number of hydrogen-bond donors (Lipinski definition) is 1. The summed E-state index contributed by atoms with van der Waals surface area (Å²) < 4.78 is 10.5. The topological polar surface area (TPSA) is 30.5 Å². The lowest BCUT2D eigenvalue weighted by atomic mass is 10.1. The second-order valence-corrected chi connectivity index (χ2v) is 3.88. The zero-order valence-corrected chi connectivity index (χ0v) is 11.0. The highest BCUT2D eigenvalue weighted by Gasteiger charge is 2.03. The third kappa shape index (κ3) is 4.11. The van der Waals surface area contributed by atoms with Crippen molar-refractivity contribution >= 4 is 5.57 Å². The van der Waals surface area contributed by atoms with Gasteiger partial charge in [0.15, 0.2) is 0 Å². The van der Waals surface area contributed by atoms with E-state index >= 15 is 0 Å². The van der Waals surface area contributed by atoms with Gasteiger partial charge in [-0.2, -0.15) is 0 Å². The molecule has 1 aromatic carbocycles. The molecule has 0 aliphatic carbocycles. The minimum Gasteiger partial charge on any atom is -0.497 e. The summed E-state index contributed by atoms with van der Waals surface area (Å²) in [6, 6.07) is 5.92. The fourth-order valence-corrected chi connectivity index (χ4v) is 1.59. The number of ether oxygens (including phenoxy) is 2. The Balaban J connectivity index is 2.91. The first kappa shape index (κ1) is 13.6. The van der Waals surface area contributed by atoms with Crippen LogP contribution in [0.5, 0.6) is 11.5 Å². The van der Waals surface area contributed by atoms with Crippen molar-refractivity contribution in [2.24, 2.45) is 0 Å². The summed E-state index contributed by atoms with van der Waals surface area (Å²) in [5.74, 6) is 1.64. The molecule has 94 valence electrons. The molecule has 0 aliphatic rings. The molecule has 3 heteroatoms. The van der Waals surface area contributed by atoms with Crippen LogP contribution in [-0.4, -0.2) is 27.8 Å². The van der Waals surface area contributed by atoms with E-state index in [9.17, 15) is 0 Å². The van der Waals surface area contributed by atoms with E-state index in [0.29, 0.717) is 0 Å². The maximum absolute atomic E-state index is 5.25. The normalized spacial score (nSPS) is 11.4. The Bertz CT molecular complexity index is 364. The van der Waals surface area contributed by atoms with Crippen LogP contribution in [0.15, 0.2) is 24.3 Å². The van der Waals surface area contributed by atoms with Gasteiger partial charge in [-0.15, -0.1) is 0 Å². The van der Waals surface area contributed by atoms with E-state index in [1.54, 1.807) is 14.2 Å². The molecule has 0 aliphatic heterocycles. The summed E-state index contributed by atoms with van der Waals surface area (Å²) in [6.45, 7) is 3.09. The molecule has 0 radical (unpaired) electrons. The van der Waals surface area contributed by atoms with E-state index in [1.807, 2.05) is 25.2 Å². The summed E-state index contributed by atoms with van der Waals surface area (Å²) in [6.07, 6.45) is 3.23. The van der Waals surface area contributed by atoms with Gasteiger partial charge in [-0.05, 0) is 50.2 Å². The van der Waals surface area contributed by atoms with Gasteiger partial charge < -0.3 is 14.8 Å². The van der Waals surface area contributed by atoms with Gasteiger partial charge in [0.1, 0.15) is 11.5 Å². The van der Waals surface area contributed by atoms with Crippen molar-refractivity contribution in [3.05, 3.63) is 29.8 Å². The molecular formula is C14H21NO2. The Morgan fingerprint density at radius 1 is 1.18 bits per heavy atom. The molecule has 1 aromatic rings. The largest absolute Gasteiger partial charge is 0.497 e. The van der Waals surface area contributed by atoms with Crippen molar-refractivity contribution in [3.8, 4) is 11.5 Å². The van der Waals surface area contributed by atoms with Crippen LogP contribution in [0.25, 0.3) is 5.57 Å². The lowest BCUT2D eigenvalue weighted by Crippen LogP contribution is -2.06. The molecule has 0 heterocycles. The second kappa shape index (κ2) is 6.97. The molecule has 0 atom stereocenters. The van der Waals surface area contributed by atoms with Crippen molar-refractivity contribution in [2.75, 3.05) is 27.8 Å². The average molecular weight is 235 g/mol. The lowest BCUT2D eigenvalue weighted by Gasteiger charge is -2.09. The van der Waals surface area contributed by atoms with Crippen LogP contribution in [0.2, 0.25) is 0 Å². The smallest absolute Gasteiger partial charge is 0.123 e. The molecule has 0 bridgehead atoms. The van der Waals surface area contributed by atoms with Gasteiger partial charge in [-0.1, -0.05) is 6.08 Å². The third-order valence-corrected chi connectivity index (χ3v) is 2.65. The van der Waals surface area contributed by atoms with E-state index in [2.05, 4.69) is 18.3 Å². The van der Waals surface area contributed by atoms with Crippen LogP contribution in [-0.2, 0) is 0 Å². The maximum Gasteiger partial charge on any atom is 0.123 e. The minimum atomic E-state index is 0.820. The molecule has 0 saturated carbocycles. The molecule has 3 nitrogen and oxygen atoms in total. The van der Waals surface area contributed by atoms with Gasteiger partial charge in [-0.3, -0.25) is 0 Å². The highest BCUT2D eigenvalue weighted by atomic mass is 16.5. The standard InChI is InChI=1S/C14H21NO2/c1-11(6-5-7-15-2)12-8-13(16-3)10-14(9-12)17-4/h6,8-10,15H,5,7H2,1-4H3/b11-6+. The summed E-state index contributed by atoms with van der Waals surface area (Å²) >= 11 is 0. The van der Waals surface area contributed by atoms with Crippen LogP contribution in [0, 0.1) is 0 Å². The predicted molar refractivity (Wildman–Crippen MR) is 71.7 cm³/mol. The van der Waals surface area contributed by atoms with Crippen LogP contribution >= 0.6 is 0 Å². The average Bonchev–Trinajstić information content (AvgIpc) is 2.38. The molecule has 0 fully saturated rings. The zero-order chi connectivity index (χ0) is 12.7. The fraction of sp³-hybridized carbons (Fsp3) is 0.429. The molecule has 0 amide bonds. The van der Waals surface area contributed by atoms with Gasteiger partial charge in [-0.25, -0.2) is 0 Å². The second-order valence-electron chi connectivity index (χ2n) is 3.88. The Hall–Kier alpha value is -1.48. The summed E-state index contributed by atoms with van der Waals surface area (Å²) in [5, 5.41) is 3.13. The van der Waals surface area contributed by atoms with E-state index < -0.39 is 0 Å². The van der Waals surface area contributed by atoms with Crippen molar-refractivity contribution in [1.82, 2.24) is 5.32 Å². The Morgan fingerprint density at radius 2 is 1.76 bits per heavy atom. The maximum atomic E-state index is 5.25. The molecule has 1 N–H and O–H groups in total. The Morgan fingerprint density at radius 3 is 2.24 bits per heavy atom. The Labute approximate surface area is 103 Å². The number of rotatable bonds is 6. The molecule has 1 rings (SSSR count). The highest BCUT2D eigenvalue weighted by molar-refractivity contribution is 5.66. The summed E-state index contributed by atoms with van der Waals surface area (Å²) in [7, 11) is 5.29. The van der Waals surface area contributed by atoms with Crippen molar-refractivity contribution in [2.45, 2.75) is 13.3 Å². The van der Waals surface area contributed by atoms with Crippen LogP contribution in [0.4, 0.5) is 0 Å². The summed E-state index contributed by atoms with van der Waals surface area (Å²) in [4.78, 5) is 0. The van der Waals surface area contributed by atoms with Gasteiger partial charge >= 0.3 is 0 Å². The van der Waals surface area contributed by atoms with E-state index in [-0.39, 0.29) is 0 Å². The first-order chi connectivity index (χ1) is 8.21. The Kier molecular flexibility index (Phi) is 5.57. The number of benzene rings is 1. The predicted octanol–water partition coefficient (Wildman–Crippen LogP) is 2.72. The zero-order valence-electron chi connectivity index (χ0n) is 11.0. The van der Waals surface area contributed by atoms with Crippen molar-refractivity contribution < 1.29 is 9.47 Å². The number of nitrogens with one attached hydrogen (secondary N) is 1. The minimum absolute atomic E-state index is 0.820. The quantitative estimate of drug-likeness (QED) is 0.769. The van der Waals surface area contributed by atoms with Gasteiger partial charge in [0, 0.05) is 6.07 Å². The summed E-state index contributed by atoms with van der Waals surface area (Å²) in [5.41, 5.74) is 2.37. The first-order valence-electron chi connectivity index (χ1n) is 5.76. The molecule has 0 aromatic heterocycles. The number of methoxy groups -OCH3 is 2. The lowest BCUT2D eigenvalue weighted by molar-refractivity contribution is 0.394. The van der Waals surface area contributed by atoms with Crippen molar-refractivity contribution in [1.29, 1.82) is 0 Å². The number of allylic oxidation sites excluding steroid dienone is 1. The third-order valence-electron chi connectivity index (χ3n) is 2.65. The molecule has 17 heavy (non-hydrogen) atoms. The van der Waals surface area contributed by atoms with Crippen molar-refractivity contribution in [3.63, 3.8) is 0 Å². The monoisotopic (exact) mass is 235 g/mol. The molecule has 0 saturated heterocycles. The first-order valence-corrected chi connectivity index (χ1v) is 5.76. The fourth-order valence-electron chi connectivity index (χ4n) is 1.59. The molecule has 0 spiro atoms. The van der Waals surface area contributed by atoms with E-state index in [0.717, 1.165) is 30.0 Å². The van der Waals surface area contributed by atoms with Crippen LogP contribution in [0.3, 0.4) is 0 Å². The SMILES string of the molecule is CNCC/C=C(\C)c1cc(OC)cc(OC)c1. The van der Waals surface area contributed by atoms with Crippen LogP contribution in [0.1, 0.15) is 18.9 Å². The molecule has 0 unspecified atom stereocenters. The highest BCUT2D eigenvalue weighted by Crippen LogP contribution is 2.26. The van der Waals surface area contributed by atoms with Gasteiger partial charge in [0.05, 0.1) is 14.2 Å². The van der Waals surface area contributed by atoms with Gasteiger partial charge in [0.25, 0.3) is 0 Å². The van der Waals surface area contributed by atoms with Gasteiger partial charge in [0.2, 0.25) is 0 Å². The number of hydrogen-bond acceptors (Lipinski definition) is 3.